The fourth-order valence-corrected chi connectivity index (χ4v) is 0.961. The van der Waals surface area contributed by atoms with E-state index in [4.69, 9.17) is 10.9 Å². The summed E-state index contributed by atoms with van der Waals surface area (Å²) in [4.78, 5) is 21.3. The van der Waals surface area contributed by atoms with Crippen LogP contribution in [0.15, 0.2) is 18.2 Å². The van der Waals surface area contributed by atoms with Gasteiger partial charge in [-0.1, -0.05) is 6.07 Å². The molecule has 0 aromatic heterocycles. The molecule has 0 aliphatic heterocycles. The molecule has 0 unspecified atom stereocenters. The number of carboxylic acids is 1. The minimum atomic E-state index is -0.922. The molecule has 1 aromatic carbocycles. The third-order valence-corrected chi connectivity index (χ3v) is 1.61. The lowest BCUT2D eigenvalue weighted by Gasteiger charge is -2.00. The van der Waals surface area contributed by atoms with Crippen LogP contribution in [0.3, 0.4) is 0 Å². The fraction of sp³-hybridized carbons (Fsp3) is 0.111. The van der Waals surface area contributed by atoms with Crippen molar-refractivity contribution in [3.8, 4) is 0 Å². The molecular weight excluding hydrogens is 184 g/mol. The van der Waals surface area contributed by atoms with E-state index < -0.39 is 11.9 Å². The summed E-state index contributed by atoms with van der Waals surface area (Å²) in [5.74, 6) is 3.54. The van der Waals surface area contributed by atoms with Crippen molar-refractivity contribution in [2.24, 2.45) is 5.84 Å². The summed E-state index contributed by atoms with van der Waals surface area (Å²) in [6, 6.07) is 7.12. The Morgan fingerprint density at radius 1 is 1.50 bits per heavy atom. The van der Waals surface area contributed by atoms with Gasteiger partial charge in [0.05, 0.1) is 6.42 Å². The van der Waals surface area contributed by atoms with Gasteiger partial charge in [-0.05, 0) is 23.8 Å². The molecular formula is C9H9N2O3. The zero-order chi connectivity index (χ0) is 10.6. The minimum absolute atomic E-state index is 0.0823. The average molecular weight is 193 g/mol. The van der Waals surface area contributed by atoms with Crippen LogP contribution in [-0.4, -0.2) is 17.0 Å². The lowest BCUT2D eigenvalue weighted by Crippen LogP contribution is -2.29. The Hall–Kier alpha value is -1.88. The van der Waals surface area contributed by atoms with Gasteiger partial charge in [0.25, 0.3) is 5.91 Å². The molecule has 0 bridgehead atoms. The van der Waals surface area contributed by atoms with Crippen LogP contribution in [0.25, 0.3) is 0 Å². The van der Waals surface area contributed by atoms with Crippen LogP contribution in [0.4, 0.5) is 0 Å². The van der Waals surface area contributed by atoms with Crippen LogP contribution in [0.2, 0.25) is 0 Å². The summed E-state index contributed by atoms with van der Waals surface area (Å²) >= 11 is 0. The molecule has 0 atom stereocenters. The fourth-order valence-electron chi connectivity index (χ4n) is 0.961. The highest BCUT2D eigenvalue weighted by Gasteiger charge is 2.04. The van der Waals surface area contributed by atoms with Crippen molar-refractivity contribution in [1.29, 1.82) is 0 Å². The number of nitrogens with one attached hydrogen (secondary N) is 1. The second-order valence-corrected chi connectivity index (χ2v) is 2.65. The van der Waals surface area contributed by atoms with E-state index in [0.717, 1.165) is 0 Å². The lowest BCUT2D eigenvalue weighted by molar-refractivity contribution is -0.136. The van der Waals surface area contributed by atoms with Gasteiger partial charge in [-0.3, -0.25) is 15.0 Å². The van der Waals surface area contributed by atoms with Gasteiger partial charge in [-0.15, -0.1) is 0 Å². The predicted octanol–water partition coefficient (Wildman–Crippen LogP) is -0.283. The van der Waals surface area contributed by atoms with E-state index in [-0.39, 0.29) is 12.0 Å². The van der Waals surface area contributed by atoms with Gasteiger partial charge in [0.2, 0.25) is 0 Å². The first kappa shape index (κ1) is 10.2. The number of aliphatic carboxylic acids is 1. The van der Waals surface area contributed by atoms with Crippen molar-refractivity contribution in [2.75, 3.05) is 0 Å². The molecule has 0 heterocycles. The molecule has 0 fully saturated rings. The topological polar surface area (TPSA) is 92.4 Å². The van der Waals surface area contributed by atoms with E-state index in [9.17, 15) is 9.59 Å². The van der Waals surface area contributed by atoms with E-state index in [1.807, 2.05) is 5.43 Å². The molecule has 1 aromatic rings. The number of hydrogen-bond donors (Lipinski definition) is 3. The van der Waals surface area contributed by atoms with Gasteiger partial charge in [0.1, 0.15) is 0 Å². The summed E-state index contributed by atoms with van der Waals surface area (Å²) in [5.41, 5.74) is 2.82. The van der Waals surface area contributed by atoms with Crippen molar-refractivity contribution >= 4 is 11.9 Å². The van der Waals surface area contributed by atoms with Crippen LogP contribution in [0, 0.1) is 6.07 Å². The summed E-state index contributed by atoms with van der Waals surface area (Å²) in [6.45, 7) is 0. The Labute approximate surface area is 80.5 Å². The maximum absolute atomic E-state index is 11.0. The quantitative estimate of drug-likeness (QED) is 0.349. The number of rotatable bonds is 3. The molecule has 0 saturated carbocycles. The van der Waals surface area contributed by atoms with Crippen molar-refractivity contribution in [2.45, 2.75) is 6.42 Å². The first-order valence-corrected chi connectivity index (χ1v) is 3.87. The summed E-state index contributed by atoms with van der Waals surface area (Å²) in [7, 11) is 0. The third-order valence-electron chi connectivity index (χ3n) is 1.61. The summed E-state index contributed by atoms with van der Waals surface area (Å²) in [5, 5.41) is 8.48. The van der Waals surface area contributed by atoms with E-state index >= 15 is 0 Å². The standard InChI is InChI=1S/C9H9N2O3/c10-11-9(14)7-3-1-6(2-4-7)5-8(12)13/h1-3H,5,10H2,(H,11,14)(H,12,13). The van der Waals surface area contributed by atoms with Gasteiger partial charge in [-0.25, -0.2) is 5.84 Å². The number of nitrogen functional groups attached to an aromatic ring is 1. The number of hydrogen-bond acceptors (Lipinski definition) is 3. The van der Waals surface area contributed by atoms with Gasteiger partial charge in [0.15, 0.2) is 0 Å². The Kier molecular flexibility index (Phi) is 3.19. The third kappa shape index (κ3) is 2.56. The molecule has 1 radical (unpaired) electrons. The number of amides is 1. The number of carboxylic acid groups (broad SMARTS) is 1. The molecule has 1 amide bonds. The first-order valence-electron chi connectivity index (χ1n) is 3.87. The van der Waals surface area contributed by atoms with E-state index in [1.54, 1.807) is 6.07 Å². The Bertz CT molecular complexity index is 346. The highest BCUT2D eigenvalue weighted by molar-refractivity contribution is 5.93. The van der Waals surface area contributed by atoms with Crippen molar-refractivity contribution in [3.63, 3.8) is 0 Å². The molecule has 4 N–H and O–H groups in total. The van der Waals surface area contributed by atoms with Crippen LogP contribution >= 0.6 is 0 Å². The van der Waals surface area contributed by atoms with Crippen LogP contribution in [0.5, 0.6) is 0 Å². The molecule has 73 valence electrons. The number of benzene rings is 1. The second-order valence-electron chi connectivity index (χ2n) is 2.65. The van der Waals surface area contributed by atoms with E-state index in [2.05, 4.69) is 6.07 Å². The number of nitrogens with two attached hydrogens (primary N) is 1. The van der Waals surface area contributed by atoms with Gasteiger partial charge in [-0.2, -0.15) is 0 Å². The normalized spacial score (nSPS) is 9.50. The Balaban J connectivity index is 2.78. The molecule has 1 rings (SSSR count). The van der Waals surface area contributed by atoms with Crippen molar-refractivity contribution in [3.05, 3.63) is 35.4 Å². The van der Waals surface area contributed by atoms with Crippen LogP contribution in [-0.2, 0) is 11.2 Å². The zero-order valence-corrected chi connectivity index (χ0v) is 7.28. The average Bonchev–Trinajstić information content (AvgIpc) is 2.17. The monoisotopic (exact) mass is 193 g/mol. The minimum Gasteiger partial charge on any atom is -0.481 e. The predicted molar refractivity (Wildman–Crippen MR) is 48.3 cm³/mol. The molecule has 14 heavy (non-hydrogen) atoms. The van der Waals surface area contributed by atoms with E-state index in [0.29, 0.717) is 5.56 Å². The van der Waals surface area contributed by atoms with Gasteiger partial charge >= 0.3 is 5.97 Å². The maximum atomic E-state index is 11.0. The highest BCUT2D eigenvalue weighted by atomic mass is 16.4. The molecule has 0 spiro atoms. The van der Waals surface area contributed by atoms with E-state index in [1.165, 1.54) is 12.1 Å². The smallest absolute Gasteiger partial charge is 0.307 e. The number of carbonyl (C=O) groups is 2. The summed E-state index contributed by atoms with van der Waals surface area (Å²) in [6.07, 6.45) is -0.0823. The molecule has 5 heteroatoms. The van der Waals surface area contributed by atoms with Gasteiger partial charge < -0.3 is 5.11 Å². The summed E-state index contributed by atoms with van der Waals surface area (Å²) < 4.78 is 0. The second kappa shape index (κ2) is 4.38. The Morgan fingerprint density at radius 3 is 2.64 bits per heavy atom. The SMILES string of the molecule is NNC(=O)c1[c]cc(CC(=O)O)cc1. The van der Waals surface area contributed by atoms with Crippen LogP contribution in [0.1, 0.15) is 15.9 Å². The first-order chi connectivity index (χ1) is 6.63. The lowest BCUT2D eigenvalue weighted by atomic mass is 10.1. The zero-order valence-electron chi connectivity index (χ0n) is 7.28. The molecule has 0 saturated heterocycles. The molecule has 0 aliphatic carbocycles. The van der Waals surface area contributed by atoms with Crippen molar-refractivity contribution in [1.82, 2.24) is 5.43 Å². The van der Waals surface area contributed by atoms with Crippen LogP contribution < -0.4 is 11.3 Å². The largest absolute Gasteiger partial charge is 0.481 e. The molecule has 5 nitrogen and oxygen atoms in total. The highest BCUT2D eigenvalue weighted by Crippen LogP contribution is 2.04. The molecule has 0 aliphatic rings. The Morgan fingerprint density at radius 2 is 2.21 bits per heavy atom. The van der Waals surface area contributed by atoms with Crippen molar-refractivity contribution < 1.29 is 14.7 Å². The number of hydrazine groups is 1. The van der Waals surface area contributed by atoms with Gasteiger partial charge in [0, 0.05) is 5.56 Å². The maximum Gasteiger partial charge on any atom is 0.307 e. The number of carbonyl (C=O) groups excluding carboxylic acids is 1.